The number of rotatable bonds is 4. The minimum Gasteiger partial charge on any atom is -0.309 e. The van der Waals surface area contributed by atoms with E-state index in [4.69, 9.17) is 11.6 Å². The van der Waals surface area contributed by atoms with Gasteiger partial charge in [-0.15, -0.1) is 0 Å². The second-order valence-corrected chi connectivity index (χ2v) is 5.74. The number of hydrogen-bond donors (Lipinski definition) is 1. The van der Waals surface area contributed by atoms with E-state index in [1.165, 1.54) is 6.42 Å². The lowest BCUT2D eigenvalue weighted by Gasteiger charge is -2.20. The summed E-state index contributed by atoms with van der Waals surface area (Å²) in [6.07, 6.45) is 2.99. The number of aromatic nitrogens is 2. The van der Waals surface area contributed by atoms with Gasteiger partial charge in [-0.2, -0.15) is 5.10 Å². The minimum absolute atomic E-state index is 0.333. The first-order valence-electron chi connectivity index (χ1n) is 5.88. The van der Waals surface area contributed by atoms with Gasteiger partial charge in [0.1, 0.15) is 0 Å². The summed E-state index contributed by atoms with van der Waals surface area (Å²) >= 11 is 6.22. The van der Waals surface area contributed by atoms with Crippen molar-refractivity contribution in [1.82, 2.24) is 15.1 Å². The topological polar surface area (TPSA) is 29.9 Å². The molecule has 0 radical (unpaired) electrons. The minimum atomic E-state index is 0.333. The third-order valence-corrected chi connectivity index (χ3v) is 3.94. The zero-order valence-electron chi connectivity index (χ0n) is 10.4. The van der Waals surface area contributed by atoms with Gasteiger partial charge in [0.05, 0.1) is 23.0 Å². The van der Waals surface area contributed by atoms with Crippen molar-refractivity contribution >= 4 is 11.6 Å². The molecular formula is C12H20ClN3. The molecule has 0 bridgehead atoms. The van der Waals surface area contributed by atoms with Gasteiger partial charge in [0, 0.05) is 7.05 Å². The smallest absolute Gasteiger partial charge is 0.0834 e. The fraction of sp³-hybridized carbons (Fsp3) is 0.750. The first-order chi connectivity index (χ1) is 7.47. The maximum absolute atomic E-state index is 6.22. The maximum Gasteiger partial charge on any atom is 0.0834 e. The van der Waals surface area contributed by atoms with Crippen LogP contribution in [0.3, 0.4) is 0 Å². The zero-order chi connectivity index (χ0) is 11.9. The number of nitrogens with one attached hydrogen (secondary N) is 1. The molecule has 4 heteroatoms. The molecule has 1 fully saturated rings. The molecule has 1 heterocycles. The van der Waals surface area contributed by atoms with E-state index in [2.05, 4.69) is 31.2 Å². The average molecular weight is 242 g/mol. The lowest BCUT2D eigenvalue weighted by Crippen LogP contribution is -2.26. The Kier molecular flexibility index (Phi) is 3.01. The van der Waals surface area contributed by atoms with Crippen LogP contribution < -0.4 is 5.32 Å². The highest BCUT2D eigenvalue weighted by Crippen LogP contribution is 2.58. The number of halogens is 1. The second kappa shape index (κ2) is 4.04. The predicted molar refractivity (Wildman–Crippen MR) is 66.5 cm³/mol. The first-order valence-corrected chi connectivity index (χ1v) is 6.26. The summed E-state index contributed by atoms with van der Waals surface area (Å²) in [4.78, 5) is 0. The van der Waals surface area contributed by atoms with E-state index in [9.17, 15) is 0 Å². The van der Waals surface area contributed by atoms with Gasteiger partial charge >= 0.3 is 0 Å². The van der Waals surface area contributed by atoms with Crippen molar-refractivity contribution in [3.05, 3.63) is 16.9 Å². The van der Waals surface area contributed by atoms with Gasteiger partial charge in [-0.05, 0) is 24.3 Å². The Balaban J connectivity index is 2.27. The third-order valence-electron chi connectivity index (χ3n) is 3.65. The van der Waals surface area contributed by atoms with Gasteiger partial charge in [-0.25, -0.2) is 0 Å². The highest BCUT2D eigenvalue weighted by atomic mass is 35.5. The molecule has 0 aliphatic heterocycles. The number of aryl methyl sites for hydroxylation is 1. The van der Waals surface area contributed by atoms with Crippen LogP contribution in [0.4, 0.5) is 0 Å². The summed E-state index contributed by atoms with van der Waals surface area (Å²) in [6, 6.07) is 0.333. The van der Waals surface area contributed by atoms with Gasteiger partial charge in [0.25, 0.3) is 0 Å². The van der Waals surface area contributed by atoms with Crippen LogP contribution in [0.5, 0.6) is 0 Å². The molecule has 2 rings (SSSR count). The molecule has 1 aromatic heterocycles. The van der Waals surface area contributed by atoms with E-state index < -0.39 is 0 Å². The van der Waals surface area contributed by atoms with Gasteiger partial charge in [0.2, 0.25) is 0 Å². The largest absolute Gasteiger partial charge is 0.309 e. The van der Waals surface area contributed by atoms with Gasteiger partial charge in [-0.1, -0.05) is 32.4 Å². The van der Waals surface area contributed by atoms with Crippen LogP contribution in [0.25, 0.3) is 0 Å². The molecular weight excluding hydrogens is 222 g/mol. The van der Waals surface area contributed by atoms with Crippen LogP contribution in [0.1, 0.15) is 38.9 Å². The van der Waals surface area contributed by atoms with Crippen molar-refractivity contribution in [2.45, 2.75) is 33.2 Å². The zero-order valence-corrected chi connectivity index (χ0v) is 11.2. The quantitative estimate of drug-likeness (QED) is 0.879. The molecule has 2 unspecified atom stereocenters. The van der Waals surface area contributed by atoms with E-state index in [0.29, 0.717) is 17.4 Å². The Bertz CT molecular complexity index is 364. The van der Waals surface area contributed by atoms with Crippen LogP contribution in [0.2, 0.25) is 5.02 Å². The molecule has 90 valence electrons. The van der Waals surface area contributed by atoms with E-state index in [1.54, 1.807) is 6.20 Å². The van der Waals surface area contributed by atoms with Gasteiger partial charge < -0.3 is 5.32 Å². The van der Waals surface area contributed by atoms with Crippen molar-refractivity contribution in [1.29, 1.82) is 0 Å². The van der Waals surface area contributed by atoms with Crippen LogP contribution in [0.15, 0.2) is 6.20 Å². The monoisotopic (exact) mass is 241 g/mol. The van der Waals surface area contributed by atoms with E-state index in [0.717, 1.165) is 17.3 Å². The number of nitrogens with zero attached hydrogens (tertiary/aromatic N) is 2. The molecule has 0 spiro atoms. The molecule has 16 heavy (non-hydrogen) atoms. The van der Waals surface area contributed by atoms with Gasteiger partial charge in [-0.3, -0.25) is 4.68 Å². The molecule has 1 saturated carbocycles. The molecule has 1 aliphatic rings. The van der Waals surface area contributed by atoms with Crippen LogP contribution in [0, 0.1) is 11.3 Å². The average Bonchev–Trinajstić information content (AvgIpc) is 2.70. The standard InChI is InChI=1S/C12H20ClN3/c1-5-14-10(8-6-12(8,2)3)11-9(13)7-15-16(11)4/h7-8,10,14H,5-6H2,1-4H3. The maximum atomic E-state index is 6.22. The summed E-state index contributed by atoms with van der Waals surface area (Å²) in [7, 11) is 1.96. The lowest BCUT2D eigenvalue weighted by molar-refractivity contribution is 0.403. The Morgan fingerprint density at radius 1 is 1.69 bits per heavy atom. The Hall–Kier alpha value is -0.540. The Morgan fingerprint density at radius 3 is 2.69 bits per heavy atom. The van der Waals surface area contributed by atoms with Crippen molar-refractivity contribution in [2.24, 2.45) is 18.4 Å². The normalized spacial score (nSPS) is 24.4. The predicted octanol–water partition coefficient (Wildman–Crippen LogP) is 2.77. The molecule has 1 N–H and O–H groups in total. The fourth-order valence-corrected chi connectivity index (χ4v) is 2.78. The SMILES string of the molecule is CCNC(c1c(Cl)cnn1C)C1CC1(C)C. The first kappa shape index (κ1) is 11.9. The summed E-state index contributed by atoms with van der Waals surface area (Å²) in [6.45, 7) is 7.71. The van der Waals surface area contributed by atoms with Crippen molar-refractivity contribution < 1.29 is 0 Å². The summed E-state index contributed by atoms with van der Waals surface area (Å²) < 4.78 is 1.89. The Labute approximate surface area is 102 Å². The summed E-state index contributed by atoms with van der Waals surface area (Å²) in [5.74, 6) is 0.667. The van der Waals surface area contributed by atoms with Gasteiger partial charge in [0.15, 0.2) is 0 Å². The highest BCUT2D eigenvalue weighted by Gasteiger charge is 2.51. The molecule has 2 atom stereocenters. The Morgan fingerprint density at radius 2 is 2.31 bits per heavy atom. The molecule has 1 aromatic rings. The molecule has 1 aliphatic carbocycles. The third kappa shape index (κ3) is 1.98. The molecule has 3 nitrogen and oxygen atoms in total. The summed E-state index contributed by atoms with van der Waals surface area (Å²) in [5.41, 5.74) is 1.56. The molecule has 0 saturated heterocycles. The van der Waals surface area contributed by atoms with Crippen molar-refractivity contribution in [2.75, 3.05) is 6.54 Å². The highest BCUT2D eigenvalue weighted by molar-refractivity contribution is 6.31. The van der Waals surface area contributed by atoms with Crippen molar-refractivity contribution in [3.63, 3.8) is 0 Å². The summed E-state index contributed by atoms with van der Waals surface area (Å²) in [5, 5.41) is 8.54. The molecule has 0 amide bonds. The molecule has 0 aromatic carbocycles. The van der Waals surface area contributed by atoms with Crippen LogP contribution in [-0.4, -0.2) is 16.3 Å². The van der Waals surface area contributed by atoms with E-state index >= 15 is 0 Å². The van der Waals surface area contributed by atoms with Crippen molar-refractivity contribution in [3.8, 4) is 0 Å². The lowest BCUT2D eigenvalue weighted by atomic mass is 10.0. The van der Waals surface area contributed by atoms with E-state index in [1.807, 2.05) is 11.7 Å². The second-order valence-electron chi connectivity index (χ2n) is 5.34. The number of hydrogen-bond acceptors (Lipinski definition) is 2. The van der Waals surface area contributed by atoms with Crippen LogP contribution in [-0.2, 0) is 7.05 Å². The van der Waals surface area contributed by atoms with E-state index in [-0.39, 0.29) is 0 Å². The fourth-order valence-electron chi connectivity index (χ4n) is 2.50. The van der Waals surface area contributed by atoms with Crippen LogP contribution >= 0.6 is 11.6 Å².